The Labute approximate surface area is 351 Å². The van der Waals surface area contributed by atoms with Crippen LogP contribution in [0.2, 0.25) is 0 Å². The first-order chi connectivity index (χ1) is 28.0. The maximum absolute atomic E-state index is 12.8. The van der Waals surface area contributed by atoms with Crippen molar-refractivity contribution < 1.29 is 56.8 Å². The Morgan fingerprint density at radius 2 is 0.983 bits per heavy atom. The normalized spacial score (nSPS) is 20.6. The van der Waals surface area contributed by atoms with Crippen molar-refractivity contribution in [2.75, 3.05) is 19.0 Å². The number of unbranched alkanes of at least 4 members (excludes halogenated alkanes) is 22. The van der Waals surface area contributed by atoms with Crippen molar-refractivity contribution in [3.05, 3.63) is 24.3 Å². The van der Waals surface area contributed by atoms with E-state index < -0.39 is 71.2 Å². The summed E-state index contributed by atoms with van der Waals surface area (Å²) >= 11 is 0. The Hall–Kier alpha value is -1.87. The molecular weight excluding hydrogens is 765 g/mol. The molecule has 1 heterocycles. The number of rotatable bonds is 38. The summed E-state index contributed by atoms with van der Waals surface area (Å²) in [6.45, 7) is 3.72. The minimum atomic E-state index is -4.60. The van der Waals surface area contributed by atoms with Gasteiger partial charge in [0.15, 0.2) is 12.4 Å². The van der Waals surface area contributed by atoms with Crippen LogP contribution in [0.15, 0.2) is 24.3 Å². The van der Waals surface area contributed by atoms with Crippen molar-refractivity contribution in [2.45, 2.75) is 230 Å². The highest BCUT2D eigenvalue weighted by atomic mass is 32.2. The van der Waals surface area contributed by atoms with Gasteiger partial charge in [-0.3, -0.25) is 14.1 Å². The van der Waals surface area contributed by atoms with Gasteiger partial charge >= 0.3 is 11.9 Å². The van der Waals surface area contributed by atoms with E-state index in [-0.39, 0.29) is 19.4 Å². The lowest BCUT2D eigenvalue weighted by molar-refractivity contribution is -0.297. The second-order valence-corrected chi connectivity index (χ2v) is 17.6. The summed E-state index contributed by atoms with van der Waals surface area (Å²) in [6.07, 6.45) is 29.4. The quantitative estimate of drug-likeness (QED) is 0.0200. The summed E-state index contributed by atoms with van der Waals surface area (Å²) in [5.41, 5.74) is 0. The number of hydrogen-bond donors (Lipinski definition) is 4. The van der Waals surface area contributed by atoms with Crippen LogP contribution in [-0.4, -0.2) is 96.0 Å². The third-order valence-electron chi connectivity index (χ3n) is 10.5. The van der Waals surface area contributed by atoms with Gasteiger partial charge < -0.3 is 34.3 Å². The smallest absolute Gasteiger partial charge is 0.306 e. The van der Waals surface area contributed by atoms with E-state index in [9.17, 15) is 37.9 Å². The molecule has 0 aromatic heterocycles. The Morgan fingerprint density at radius 1 is 0.569 bits per heavy atom. The van der Waals surface area contributed by atoms with Crippen LogP contribution in [0, 0.1) is 0 Å². The number of hydrogen-bond acceptors (Lipinski definition) is 11. The van der Waals surface area contributed by atoms with Gasteiger partial charge in [0.25, 0.3) is 10.1 Å². The second kappa shape index (κ2) is 35.8. The molecule has 4 N–H and O–H groups in total. The van der Waals surface area contributed by atoms with Gasteiger partial charge in [0.2, 0.25) is 0 Å². The third kappa shape index (κ3) is 30.2. The highest BCUT2D eigenvalue weighted by Gasteiger charge is 2.46. The van der Waals surface area contributed by atoms with Crippen molar-refractivity contribution >= 4 is 22.1 Å². The molecule has 340 valence electrons. The van der Waals surface area contributed by atoms with Gasteiger partial charge in [-0.1, -0.05) is 141 Å². The Balaban J connectivity index is 2.43. The van der Waals surface area contributed by atoms with E-state index in [1.54, 1.807) is 0 Å². The first kappa shape index (κ1) is 54.1. The molecule has 13 heteroatoms. The first-order valence-corrected chi connectivity index (χ1v) is 24.5. The van der Waals surface area contributed by atoms with Crippen molar-refractivity contribution in [1.29, 1.82) is 0 Å². The predicted octanol–water partition coefficient (Wildman–Crippen LogP) is 9.23. The van der Waals surface area contributed by atoms with Crippen molar-refractivity contribution in [3.8, 4) is 0 Å². The number of ether oxygens (including phenoxy) is 4. The summed E-state index contributed by atoms with van der Waals surface area (Å²) in [6, 6.07) is 0. The van der Waals surface area contributed by atoms with Crippen LogP contribution in [0.5, 0.6) is 0 Å². The van der Waals surface area contributed by atoms with Gasteiger partial charge in [0.1, 0.15) is 36.8 Å². The number of aliphatic hydroxyl groups is 3. The average Bonchev–Trinajstić information content (AvgIpc) is 3.18. The Kier molecular flexibility index (Phi) is 33.5. The average molecular weight is 847 g/mol. The molecule has 0 saturated carbocycles. The number of carbonyl (C=O) groups is 2. The fourth-order valence-electron chi connectivity index (χ4n) is 6.90. The van der Waals surface area contributed by atoms with E-state index in [0.717, 1.165) is 70.6 Å². The summed E-state index contributed by atoms with van der Waals surface area (Å²) in [4.78, 5) is 25.4. The fourth-order valence-corrected chi connectivity index (χ4v) is 7.59. The van der Waals surface area contributed by atoms with Crippen LogP contribution >= 0.6 is 0 Å². The third-order valence-corrected chi connectivity index (χ3v) is 11.3. The van der Waals surface area contributed by atoms with Crippen LogP contribution < -0.4 is 0 Å². The zero-order valence-electron chi connectivity index (χ0n) is 36.2. The minimum absolute atomic E-state index is 0.159. The van der Waals surface area contributed by atoms with Crippen molar-refractivity contribution in [1.82, 2.24) is 0 Å². The van der Waals surface area contributed by atoms with Gasteiger partial charge in [-0.2, -0.15) is 8.42 Å². The molecule has 1 fully saturated rings. The molecule has 1 rings (SSSR count). The van der Waals surface area contributed by atoms with Crippen molar-refractivity contribution in [2.24, 2.45) is 0 Å². The second-order valence-electron chi connectivity index (χ2n) is 16.1. The number of aliphatic hydroxyl groups excluding tert-OH is 3. The monoisotopic (exact) mass is 847 g/mol. The van der Waals surface area contributed by atoms with E-state index >= 15 is 0 Å². The molecule has 6 unspecified atom stereocenters. The SMILES string of the molecule is CCCCC/C=C\CCCCCCCC(=O)OCC(COC1OC(CS(=O)(=O)O)C(O)C(O)C1O)OC(=O)CCCCCCCCC/C=C\CCCCCCCCC. The molecule has 0 aromatic rings. The molecule has 1 aliphatic heterocycles. The van der Waals surface area contributed by atoms with Crippen LogP contribution in [-0.2, 0) is 38.7 Å². The minimum Gasteiger partial charge on any atom is -0.462 e. The molecular formula is C45H82O12S. The van der Waals surface area contributed by atoms with Gasteiger partial charge in [-0.25, -0.2) is 0 Å². The summed E-state index contributed by atoms with van der Waals surface area (Å²) in [7, 11) is -4.60. The van der Waals surface area contributed by atoms with E-state index in [0.29, 0.717) is 12.8 Å². The first-order valence-electron chi connectivity index (χ1n) is 22.9. The zero-order chi connectivity index (χ0) is 42.7. The predicted molar refractivity (Wildman–Crippen MR) is 229 cm³/mol. The maximum Gasteiger partial charge on any atom is 0.306 e. The van der Waals surface area contributed by atoms with Crippen LogP contribution in [0.1, 0.15) is 194 Å². The molecule has 0 aliphatic carbocycles. The van der Waals surface area contributed by atoms with E-state index in [2.05, 4.69) is 38.2 Å². The lowest BCUT2D eigenvalue weighted by atomic mass is 10.00. The Bertz CT molecular complexity index is 1180. The van der Waals surface area contributed by atoms with Gasteiger partial charge in [0, 0.05) is 12.8 Å². The highest BCUT2D eigenvalue weighted by molar-refractivity contribution is 7.85. The van der Waals surface area contributed by atoms with Gasteiger partial charge in [-0.05, 0) is 64.2 Å². The maximum atomic E-state index is 12.8. The fraction of sp³-hybridized carbons (Fsp3) is 0.867. The number of esters is 2. The lowest BCUT2D eigenvalue weighted by Crippen LogP contribution is -2.60. The molecule has 0 amide bonds. The lowest BCUT2D eigenvalue weighted by Gasteiger charge is -2.40. The molecule has 12 nitrogen and oxygen atoms in total. The number of allylic oxidation sites excluding steroid dienone is 4. The molecule has 1 aliphatic rings. The summed E-state index contributed by atoms with van der Waals surface area (Å²) in [5.74, 6) is -1.99. The molecule has 58 heavy (non-hydrogen) atoms. The Morgan fingerprint density at radius 3 is 1.47 bits per heavy atom. The molecule has 6 atom stereocenters. The molecule has 0 bridgehead atoms. The summed E-state index contributed by atoms with van der Waals surface area (Å²) < 4.78 is 54.0. The van der Waals surface area contributed by atoms with Crippen molar-refractivity contribution in [3.63, 3.8) is 0 Å². The van der Waals surface area contributed by atoms with E-state index in [1.165, 1.54) is 83.5 Å². The molecule has 0 radical (unpaired) electrons. The highest BCUT2D eigenvalue weighted by Crippen LogP contribution is 2.24. The van der Waals surface area contributed by atoms with Gasteiger partial charge in [0.05, 0.1) is 6.61 Å². The molecule has 0 aromatic carbocycles. The number of carbonyl (C=O) groups excluding carboxylic acids is 2. The van der Waals surface area contributed by atoms with Crippen LogP contribution in [0.25, 0.3) is 0 Å². The summed E-state index contributed by atoms with van der Waals surface area (Å²) in [5, 5.41) is 30.9. The topological polar surface area (TPSA) is 186 Å². The largest absolute Gasteiger partial charge is 0.462 e. The van der Waals surface area contributed by atoms with Crippen LogP contribution in [0.4, 0.5) is 0 Å². The van der Waals surface area contributed by atoms with E-state index in [4.69, 9.17) is 18.9 Å². The molecule has 0 spiro atoms. The molecule has 1 saturated heterocycles. The van der Waals surface area contributed by atoms with Gasteiger partial charge in [-0.15, -0.1) is 0 Å². The van der Waals surface area contributed by atoms with E-state index in [1.807, 2.05) is 0 Å². The standard InChI is InChI=1S/C45H82O12S/c1-3-5-7-9-11-13-15-17-18-19-20-21-22-24-26-28-30-32-34-41(47)56-38(36-55-45-44(50)43(49)42(48)39(57-45)37-58(51,52)53)35-54-40(46)33-31-29-27-25-23-16-14-12-10-8-6-4-2/h12,14,18-19,38-39,42-45,48-50H,3-11,13,15-17,20-37H2,1-2H3,(H,51,52,53)/b14-12-,19-18-. The van der Waals surface area contributed by atoms with Crippen LogP contribution in [0.3, 0.4) is 0 Å². The zero-order valence-corrected chi connectivity index (χ0v) is 37.0.